The minimum Gasteiger partial charge on any atom is -0.364 e. The minimum atomic E-state index is -4.60. The number of rotatable bonds is 8. The van der Waals surface area contributed by atoms with Crippen LogP contribution in [0.5, 0.6) is 0 Å². The summed E-state index contributed by atoms with van der Waals surface area (Å²) in [6.07, 6.45) is 6.34. The summed E-state index contributed by atoms with van der Waals surface area (Å²) >= 11 is 5.52. The maximum atomic E-state index is 13.8. The molecule has 0 amide bonds. The van der Waals surface area contributed by atoms with E-state index in [-0.39, 0.29) is 23.3 Å². The maximum Gasteiger partial charge on any atom is 0.421 e. The average Bonchev–Trinajstić information content (AvgIpc) is 3.53. The maximum absolute atomic E-state index is 13.8. The van der Waals surface area contributed by atoms with E-state index in [1.54, 1.807) is 81.6 Å². The second-order valence-corrected chi connectivity index (χ2v) is 27.9. The lowest BCUT2D eigenvalue weighted by Gasteiger charge is -2.53. The molecule has 2 aromatic carbocycles. The van der Waals surface area contributed by atoms with Crippen LogP contribution in [0.1, 0.15) is 81.8 Å². The normalized spacial score (nSPS) is 31.2. The standard InChI is InChI=1S/C24H28F3N4OP.C13H12ClF3N3OP.C10H17N/c1-33(2,32)18-5-3-17(4-6-18)29-21-28-12-19(24(25,26)27)20(30-21)31-22-9-14-7-15-8-16(11-22)23(15,10-14)13-22;1-22(2,21)9-5-3-8(4-6-9)19-12-18-7-10(11(14)20-12)13(15,16)17;11-10-8-2-6-1-7(4-8)5-9(10)3-6/h3-6,12,14-16H,7-11,13H2,1-2H3,(H2,28,29,30,31);3-7H,1-2H3,(H,18,19,20);6-10H,1-5,11H2. The minimum absolute atomic E-state index is 0.0538. The second-order valence-electron chi connectivity index (χ2n) is 21.1. The van der Waals surface area contributed by atoms with Crippen LogP contribution < -0.4 is 32.3 Å². The Hall–Kier alpha value is -3.71. The molecule has 8 aliphatic carbocycles. The number of alkyl halides is 6. The van der Waals surface area contributed by atoms with Gasteiger partial charge in [0, 0.05) is 46.0 Å². The van der Waals surface area contributed by atoms with Gasteiger partial charge in [-0.3, -0.25) is 0 Å². The highest BCUT2D eigenvalue weighted by Crippen LogP contribution is 2.76. The van der Waals surface area contributed by atoms with Gasteiger partial charge in [-0.05, 0) is 193 Å². The Balaban J connectivity index is 0.000000141. The first kappa shape index (κ1) is 47.4. The first-order valence-corrected chi connectivity index (χ1v) is 28.4. The summed E-state index contributed by atoms with van der Waals surface area (Å²) in [4.78, 5) is 15.4. The predicted octanol–water partition coefficient (Wildman–Crippen LogP) is 11.8. The SMILES string of the molecule is CP(C)(=O)c1ccc(Nc2ncc(C(F)(F)F)c(Cl)n2)cc1.CP(C)(=O)c1ccc(Nc2ncc(C(F)(F)F)c(NC34CC5CC6CC(C3)C6(C5)C4)n2)cc1.NC1C2CC3CC(C2)CC1C3. The number of nitrogens with one attached hydrogen (secondary N) is 3. The molecule has 12 rings (SSSR count). The van der Waals surface area contributed by atoms with Crippen LogP contribution >= 0.6 is 25.9 Å². The molecule has 66 heavy (non-hydrogen) atoms. The molecule has 0 aliphatic heterocycles. The Morgan fingerprint density at radius 2 is 1.14 bits per heavy atom. The van der Waals surface area contributed by atoms with E-state index in [9.17, 15) is 35.5 Å². The molecule has 8 aliphatic rings. The van der Waals surface area contributed by atoms with Crippen LogP contribution in [-0.2, 0) is 21.5 Å². The first-order valence-electron chi connectivity index (χ1n) is 22.8. The third kappa shape index (κ3) is 9.64. The number of fused-ring (bicyclic) bond motifs is 2. The fourth-order valence-corrected chi connectivity index (χ4v) is 15.1. The van der Waals surface area contributed by atoms with E-state index < -0.39 is 42.9 Å². The van der Waals surface area contributed by atoms with Crippen molar-refractivity contribution in [3.63, 3.8) is 0 Å². The van der Waals surface area contributed by atoms with Gasteiger partial charge in [0.05, 0.1) is 0 Å². The van der Waals surface area contributed by atoms with E-state index in [0.29, 0.717) is 46.2 Å². The highest BCUT2D eigenvalue weighted by Gasteiger charge is 2.71. The van der Waals surface area contributed by atoms with Crippen molar-refractivity contribution in [1.82, 2.24) is 19.9 Å². The van der Waals surface area contributed by atoms with Crippen molar-refractivity contribution in [1.29, 1.82) is 0 Å². The molecule has 2 aromatic heterocycles. The Morgan fingerprint density at radius 3 is 1.62 bits per heavy atom. The van der Waals surface area contributed by atoms with E-state index >= 15 is 0 Å². The second kappa shape index (κ2) is 17.1. The monoisotopic (exact) mass is 976 g/mol. The van der Waals surface area contributed by atoms with Crippen molar-refractivity contribution >= 4 is 65.6 Å². The van der Waals surface area contributed by atoms with Gasteiger partial charge >= 0.3 is 12.4 Å². The Morgan fingerprint density at radius 1 is 0.636 bits per heavy atom. The number of anilines is 5. The van der Waals surface area contributed by atoms with Gasteiger partial charge < -0.3 is 30.8 Å². The van der Waals surface area contributed by atoms with Crippen molar-refractivity contribution in [2.45, 2.75) is 94.6 Å². The fourth-order valence-electron chi connectivity index (χ4n) is 13.1. The number of benzene rings is 2. The topological polar surface area (TPSA) is 148 Å². The van der Waals surface area contributed by atoms with E-state index in [1.807, 2.05) is 0 Å². The van der Waals surface area contributed by atoms with E-state index in [1.165, 1.54) is 44.9 Å². The number of hydrogen-bond acceptors (Lipinski definition) is 10. The van der Waals surface area contributed by atoms with Crippen LogP contribution in [0.25, 0.3) is 0 Å². The molecule has 7 bridgehead atoms. The molecule has 2 heterocycles. The van der Waals surface area contributed by atoms with Gasteiger partial charge in [-0.25, -0.2) is 15.0 Å². The molecule has 1 spiro atoms. The molecule has 5 unspecified atom stereocenters. The lowest BCUT2D eigenvalue weighted by atomic mass is 9.54. The Bertz CT molecular complexity index is 2520. The number of halogens is 7. The summed E-state index contributed by atoms with van der Waals surface area (Å²) in [6, 6.07) is 14.2. The van der Waals surface area contributed by atoms with Crippen molar-refractivity contribution in [2.75, 3.05) is 42.6 Å². The molecular weight excluding hydrogens is 920 g/mol. The summed E-state index contributed by atoms with van der Waals surface area (Å²) in [5, 5.41) is 9.83. The van der Waals surface area contributed by atoms with Crippen LogP contribution in [0.4, 0.5) is 55.4 Å². The van der Waals surface area contributed by atoms with Crippen LogP contribution in [0.2, 0.25) is 5.15 Å². The van der Waals surface area contributed by atoms with Gasteiger partial charge in [-0.2, -0.15) is 31.3 Å². The van der Waals surface area contributed by atoms with Crippen LogP contribution in [-0.4, -0.2) is 58.2 Å². The average molecular weight is 977 g/mol. The zero-order valence-corrected chi connectivity index (χ0v) is 39.9. The third-order valence-corrected chi connectivity index (χ3v) is 19.2. The van der Waals surface area contributed by atoms with Gasteiger partial charge in [-0.1, -0.05) is 11.6 Å². The number of aromatic nitrogens is 4. The summed E-state index contributed by atoms with van der Waals surface area (Å²) in [5.74, 6) is 5.97. The number of nitrogens with two attached hydrogens (primary N) is 1. The van der Waals surface area contributed by atoms with Crippen LogP contribution in [0.15, 0.2) is 60.9 Å². The quantitative estimate of drug-likeness (QED) is 0.0764. The van der Waals surface area contributed by atoms with Crippen LogP contribution in [0.3, 0.4) is 0 Å². The van der Waals surface area contributed by atoms with Crippen LogP contribution in [0, 0.1) is 46.8 Å². The summed E-state index contributed by atoms with van der Waals surface area (Å²) in [6.45, 7) is 6.68. The lowest BCUT2D eigenvalue weighted by molar-refractivity contribution is -0.138. The van der Waals surface area contributed by atoms with Gasteiger partial charge in [0.2, 0.25) is 11.9 Å². The van der Waals surface area contributed by atoms with Crippen molar-refractivity contribution < 1.29 is 35.5 Å². The molecule has 5 N–H and O–H groups in total. The van der Waals surface area contributed by atoms with Gasteiger partial charge in [-0.15, -0.1) is 0 Å². The van der Waals surface area contributed by atoms with Crippen molar-refractivity contribution in [3.8, 4) is 0 Å². The van der Waals surface area contributed by atoms with E-state index in [4.69, 9.17) is 17.3 Å². The van der Waals surface area contributed by atoms with E-state index in [0.717, 1.165) is 60.4 Å². The molecule has 5 atom stereocenters. The molecule has 0 saturated heterocycles. The number of hydrogen-bond donors (Lipinski definition) is 4. The molecule has 8 fully saturated rings. The van der Waals surface area contributed by atoms with Crippen molar-refractivity contribution in [2.24, 2.45) is 52.6 Å². The molecule has 8 saturated carbocycles. The third-order valence-electron chi connectivity index (χ3n) is 15.8. The number of nitrogens with zero attached hydrogens (tertiary/aromatic N) is 4. The lowest BCUT2D eigenvalue weighted by Crippen LogP contribution is -2.52. The molecule has 4 aromatic rings. The predicted molar refractivity (Wildman–Crippen MR) is 249 cm³/mol. The van der Waals surface area contributed by atoms with Gasteiger partial charge in [0.25, 0.3) is 0 Å². The smallest absolute Gasteiger partial charge is 0.364 e. The zero-order chi connectivity index (χ0) is 47.2. The summed E-state index contributed by atoms with van der Waals surface area (Å²) in [7, 11) is -4.74. The summed E-state index contributed by atoms with van der Waals surface area (Å²) in [5.41, 5.74) is 5.51. The molecule has 0 radical (unpaired) electrons. The van der Waals surface area contributed by atoms with Gasteiger partial charge in [0.1, 0.15) is 36.4 Å². The highest BCUT2D eigenvalue weighted by atomic mass is 35.5. The largest absolute Gasteiger partial charge is 0.421 e. The Kier molecular flexibility index (Phi) is 12.2. The summed E-state index contributed by atoms with van der Waals surface area (Å²) < 4.78 is 103. The fraction of sp³-hybridized carbons (Fsp3) is 0.574. The molecule has 19 heteroatoms. The zero-order valence-electron chi connectivity index (χ0n) is 37.4. The molecule has 356 valence electrons. The van der Waals surface area contributed by atoms with Crippen molar-refractivity contribution in [3.05, 3.63) is 77.2 Å². The molecule has 10 nitrogen and oxygen atoms in total. The Labute approximate surface area is 386 Å². The first-order chi connectivity index (χ1) is 30.9. The highest BCUT2D eigenvalue weighted by molar-refractivity contribution is 7.70. The van der Waals surface area contributed by atoms with E-state index in [2.05, 4.69) is 35.9 Å². The van der Waals surface area contributed by atoms with Gasteiger partial charge in [0.15, 0.2) is 0 Å². The molecular formula is C47H57ClF6N8O2P2.